The summed E-state index contributed by atoms with van der Waals surface area (Å²) < 4.78 is 0. The average Bonchev–Trinajstić information content (AvgIpc) is 2.17. The molecule has 0 aliphatic rings. The third kappa shape index (κ3) is 3.47. The molecule has 0 aliphatic carbocycles. The zero-order valence-electron chi connectivity index (χ0n) is 8.29. The minimum absolute atomic E-state index is 0.195. The molecule has 1 aromatic carbocycles. The van der Waals surface area contributed by atoms with Crippen LogP contribution in [0.4, 0.5) is 5.69 Å². The number of carboxylic acid groups (broad SMARTS) is 1. The van der Waals surface area contributed by atoms with Crippen LogP contribution in [-0.2, 0) is 11.2 Å². The Labute approximate surface area is 83.8 Å². The number of carbonyl (C=O) groups is 1. The molecule has 14 heavy (non-hydrogen) atoms. The number of aryl methyl sites for hydroxylation is 1. The van der Waals surface area contributed by atoms with Crippen LogP contribution in [0.25, 0.3) is 0 Å². The van der Waals surface area contributed by atoms with Crippen LogP contribution in [-0.4, -0.2) is 17.6 Å². The van der Waals surface area contributed by atoms with E-state index in [9.17, 15) is 4.79 Å². The number of aliphatic carboxylic acids is 1. The summed E-state index contributed by atoms with van der Waals surface area (Å²) in [5, 5.41) is 11.7. The van der Waals surface area contributed by atoms with Crippen LogP contribution in [0.3, 0.4) is 0 Å². The van der Waals surface area contributed by atoms with Gasteiger partial charge in [0.05, 0.1) is 0 Å². The molecule has 0 bridgehead atoms. The predicted molar refractivity (Wildman–Crippen MR) is 56.6 cm³/mol. The summed E-state index contributed by atoms with van der Waals surface area (Å²) in [7, 11) is 0. The van der Waals surface area contributed by atoms with Crippen LogP contribution in [0.1, 0.15) is 18.9 Å². The minimum atomic E-state index is -0.749. The Kier molecular flexibility index (Phi) is 3.98. The van der Waals surface area contributed by atoms with Gasteiger partial charge in [0.15, 0.2) is 0 Å². The van der Waals surface area contributed by atoms with Crippen molar-refractivity contribution in [2.24, 2.45) is 0 Å². The summed E-state index contributed by atoms with van der Waals surface area (Å²) >= 11 is 0. The Balaban J connectivity index is 2.50. The van der Waals surface area contributed by atoms with E-state index in [-0.39, 0.29) is 6.42 Å². The van der Waals surface area contributed by atoms with E-state index in [0.29, 0.717) is 6.42 Å². The second-order valence-electron chi connectivity index (χ2n) is 3.12. The SMILES string of the molecule is CCNc1ccc(CCC(=O)O)cc1. The molecule has 0 radical (unpaired) electrons. The first-order valence-electron chi connectivity index (χ1n) is 4.77. The van der Waals surface area contributed by atoms with E-state index >= 15 is 0 Å². The van der Waals surface area contributed by atoms with Gasteiger partial charge in [-0.05, 0) is 31.0 Å². The van der Waals surface area contributed by atoms with Gasteiger partial charge in [-0.15, -0.1) is 0 Å². The summed E-state index contributed by atoms with van der Waals surface area (Å²) in [6.45, 7) is 2.94. The maximum absolute atomic E-state index is 10.3. The first-order valence-corrected chi connectivity index (χ1v) is 4.77. The van der Waals surface area contributed by atoms with Gasteiger partial charge in [0, 0.05) is 18.7 Å². The number of anilines is 1. The summed E-state index contributed by atoms with van der Waals surface area (Å²) in [4.78, 5) is 10.3. The van der Waals surface area contributed by atoms with Gasteiger partial charge < -0.3 is 10.4 Å². The molecule has 0 aromatic heterocycles. The Bertz CT molecular complexity index is 293. The topological polar surface area (TPSA) is 49.3 Å². The number of nitrogens with one attached hydrogen (secondary N) is 1. The van der Waals surface area contributed by atoms with Crippen molar-refractivity contribution in [3.8, 4) is 0 Å². The molecule has 0 saturated heterocycles. The molecule has 1 aromatic rings. The second-order valence-corrected chi connectivity index (χ2v) is 3.12. The van der Waals surface area contributed by atoms with Crippen molar-refractivity contribution in [1.29, 1.82) is 0 Å². The molecule has 3 heteroatoms. The van der Waals surface area contributed by atoms with E-state index in [1.807, 2.05) is 31.2 Å². The highest BCUT2D eigenvalue weighted by Gasteiger charge is 1.98. The highest BCUT2D eigenvalue weighted by molar-refractivity contribution is 5.67. The number of benzene rings is 1. The number of carboxylic acids is 1. The molecule has 0 amide bonds. The van der Waals surface area contributed by atoms with E-state index < -0.39 is 5.97 Å². The maximum Gasteiger partial charge on any atom is 0.303 e. The van der Waals surface area contributed by atoms with Crippen LogP contribution in [0.5, 0.6) is 0 Å². The number of rotatable bonds is 5. The quantitative estimate of drug-likeness (QED) is 0.753. The van der Waals surface area contributed by atoms with Crippen molar-refractivity contribution < 1.29 is 9.90 Å². The Hall–Kier alpha value is -1.51. The fourth-order valence-electron chi connectivity index (χ4n) is 1.24. The molecular weight excluding hydrogens is 178 g/mol. The lowest BCUT2D eigenvalue weighted by atomic mass is 10.1. The predicted octanol–water partition coefficient (Wildman–Crippen LogP) is 2.14. The molecule has 76 valence electrons. The summed E-state index contributed by atoms with van der Waals surface area (Å²) in [5.41, 5.74) is 2.14. The van der Waals surface area contributed by atoms with E-state index in [2.05, 4.69) is 5.32 Å². The van der Waals surface area contributed by atoms with Crippen molar-refractivity contribution in [2.45, 2.75) is 19.8 Å². The molecule has 0 fully saturated rings. The molecule has 3 nitrogen and oxygen atoms in total. The summed E-state index contributed by atoms with van der Waals surface area (Å²) in [5.74, 6) is -0.749. The minimum Gasteiger partial charge on any atom is -0.481 e. The van der Waals surface area contributed by atoms with Gasteiger partial charge >= 0.3 is 5.97 Å². The van der Waals surface area contributed by atoms with Crippen LogP contribution in [0, 0.1) is 0 Å². The molecular formula is C11H15NO2. The highest BCUT2D eigenvalue weighted by atomic mass is 16.4. The average molecular weight is 193 g/mol. The van der Waals surface area contributed by atoms with E-state index in [4.69, 9.17) is 5.11 Å². The van der Waals surface area contributed by atoms with E-state index in [0.717, 1.165) is 17.8 Å². The molecule has 0 atom stereocenters. The number of hydrogen-bond acceptors (Lipinski definition) is 2. The third-order valence-electron chi connectivity index (χ3n) is 1.96. The smallest absolute Gasteiger partial charge is 0.303 e. The van der Waals surface area contributed by atoms with Crippen LogP contribution >= 0.6 is 0 Å². The highest BCUT2D eigenvalue weighted by Crippen LogP contribution is 2.10. The third-order valence-corrected chi connectivity index (χ3v) is 1.96. The maximum atomic E-state index is 10.3. The van der Waals surface area contributed by atoms with Gasteiger partial charge in [-0.2, -0.15) is 0 Å². The van der Waals surface area contributed by atoms with Gasteiger partial charge in [0.1, 0.15) is 0 Å². The monoisotopic (exact) mass is 193 g/mol. The van der Waals surface area contributed by atoms with Gasteiger partial charge in [-0.3, -0.25) is 4.79 Å². The zero-order valence-corrected chi connectivity index (χ0v) is 8.29. The molecule has 2 N–H and O–H groups in total. The normalized spacial score (nSPS) is 9.79. The molecule has 0 saturated carbocycles. The Morgan fingerprint density at radius 1 is 1.36 bits per heavy atom. The van der Waals surface area contributed by atoms with Crippen LogP contribution in [0.2, 0.25) is 0 Å². The number of hydrogen-bond donors (Lipinski definition) is 2. The first-order chi connectivity index (χ1) is 6.72. The van der Waals surface area contributed by atoms with Crippen molar-refractivity contribution >= 4 is 11.7 Å². The van der Waals surface area contributed by atoms with Crippen molar-refractivity contribution in [3.63, 3.8) is 0 Å². The zero-order chi connectivity index (χ0) is 10.4. The van der Waals surface area contributed by atoms with Crippen LogP contribution < -0.4 is 5.32 Å². The van der Waals surface area contributed by atoms with Gasteiger partial charge in [0.2, 0.25) is 0 Å². The first kappa shape index (κ1) is 10.6. The summed E-state index contributed by atoms with van der Waals surface area (Å²) in [6.07, 6.45) is 0.794. The lowest BCUT2D eigenvalue weighted by Gasteiger charge is -2.03. The fraction of sp³-hybridized carbons (Fsp3) is 0.364. The Morgan fingerprint density at radius 3 is 2.50 bits per heavy atom. The lowest BCUT2D eigenvalue weighted by molar-refractivity contribution is -0.136. The van der Waals surface area contributed by atoms with E-state index in [1.165, 1.54) is 0 Å². The fourth-order valence-corrected chi connectivity index (χ4v) is 1.24. The largest absolute Gasteiger partial charge is 0.481 e. The van der Waals surface area contributed by atoms with Crippen molar-refractivity contribution in [2.75, 3.05) is 11.9 Å². The van der Waals surface area contributed by atoms with Gasteiger partial charge in [-0.1, -0.05) is 12.1 Å². The second kappa shape index (κ2) is 5.27. The van der Waals surface area contributed by atoms with Crippen molar-refractivity contribution in [3.05, 3.63) is 29.8 Å². The molecule has 0 spiro atoms. The van der Waals surface area contributed by atoms with E-state index in [1.54, 1.807) is 0 Å². The van der Waals surface area contributed by atoms with Gasteiger partial charge in [0.25, 0.3) is 0 Å². The lowest BCUT2D eigenvalue weighted by Crippen LogP contribution is -1.98. The Morgan fingerprint density at radius 2 is 2.00 bits per heavy atom. The molecule has 0 unspecified atom stereocenters. The van der Waals surface area contributed by atoms with Gasteiger partial charge in [-0.25, -0.2) is 0 Å². The molecule has 1 rings (SSSR count). The van der Waals surface area contributed by atoms with Crippen molar-refractivity contribution in [1.82, 2.24) is 0 Å². The molecule has 0 aliphatic heterocycles. The van der Waals surface area contributed by atoms with Crippen LogP contribution in [0.15, 0.2) is 24.3 Å². The molecule has 0 heterocycles. The standard InChI is InChI=1S/C11H15NO2/c1-2-12-10-6-3-9(4-7-10)5-8-11(13)14/h3-4,6-7,12H,2,5,8H2,1H3,(H,13,14). The summed E-state index contributed by atoms with van der Waals surface area (Å²) in [6, 6.07) is 7.86.